The van der Waals surface area contributed by atoms with Gasteiger partial charge in [0.05, 0.1) is 0 Å². The van der Waals surface area contributed by atoms with Crippen LogP contribution in [-0.2, 0) is 24.4 Å². The molecule has 0 aliphatic carbocycles. The van der Waals surface area contributed by atoms with E-state index >= 15 is 0 Å². The minimum Gasteiger partial charge on any atom is -0.504 e. The quantitative estimate of drug-likeness (QED) is 0.493. The Balaban J connectivity index is 3.03. The lowest BCUT2D eigenvalue weighted by Gasteiger charge is -2.06. The number of hydrogen-bond acceptors (Lipinski definition) is 8. The fourth-order valence-electron chi connectivity index (χ4n) is 0.807. The molecule has 1 rings (SSSR count). The first-order valence-corrected chi connectivity index (χ1v) is 6.44. The number of para-hydroxylation sites is 1. The van der Waals surface area contributed by atoms with Crippen LogP contribution in [0.15, 0.2) is 18.2 Å². The predicted molar refractivity (Wildman–Crippen MR) is 52.0 cm³/mol. The topological polar surface area (TPSA) is 147 Å². The molecule has 17 heavy (non-hydrogen) atoms. The van der Waals surface area contributed by atoms with Crippen molar-refractivity contribution in [1.82, 2.24) is 0 Å². The van der Waals surface area contributed by atoms with Gasteiger partial charge in [-0.1, -0.05) is 9.70 Å². The van der Waals surface area contributed by atoms with Crippen LogP contribution in [0.25, 0.3) is 0 Å². The van der Waals surface area contributed by atoms with Crippen LogP contribution in [0.1, 0.15) is 0 Å². The molecule has 0 bridgehead atoms. The zero-order valence-corrected chi connectivity index (χ0v) is 9.47. The van der Waals surface area contributed by atoms with Gasteiger partial charge >= 0.3 is 20.8 Å². The highest BCUT2D eigenvalue weighted by atomic mass is 32.3. The molecule has 0 aromatic heterocycles. The van der Waals surface area contributed by atoms with Gasteiger partial charge in [-0.3, -0.25) is 4.55 Å². The Morgan fingerprint density at radius 1 is 1.06 bits per heavy atom. The summed E-state index contributed by atoms with van der Waals surface area (Å²) >= 11 is 0. The standard InChI is InChI=1S/C6H6O9S2/c7-4-2-1-3-5(6(4)8)14-17(12,13)15-16(9,10)11/h1-3,7-8H,(H,9,10,11). The lowest BCUT2D eigenvalue weighted by Crippen LogP contribution is -2.17. The molecule has 9 nitrogen and oxygen atoms in total. The highest BCUT2D eigenvalue weighted by molar-refractivity contribution is 7.95. The van der Waals surface area contributed by atoms with Crippen molar-refractivity contribution in [1.29, 1.82) is 0 Å². The maximum Gasteiger partial charge on any atom is 0.465 e. The summed E-state index contributed by atoms with van der Waals surface area (Å²) in [5.74, 6) is -2.40. The smallest absolute Gasteiger partial charge is 0.465 e. The van der Waals surface area contributed by atoms with Crippen LogP contribution < -0.4 is 4.18 Å². The van der Waals surface area contributed by atoms with Crippen molar-refractivity contribution in [2.24, 2.45) is 0 Å². The molecule has 0 heterocycles. The number of aromatic hydroxyl groups is 2. The molecule has 0 atom stereocenters. The van der Waals surface area contributed by atoms with E-state index in [0.29, 0.717) is 0 Å². The van der Waals surface area contributed by atoms with Crippen molar-refractivity contribution in [3.63, 3.8) is 0 Å². The molecule has 0 spiro atoms. The van der Waals surface area contributed by atoms with Crippen LogP contribution in [0.3, 0.4) is 0 Å². The van der Waals surface area contributed by atoms with Crippen molar-refractivity contribution in [2.75, 3.05) is 0 Å². The Morgan fingerprint density at radius 3 is 2.18 bits per heavy atom. The first-order valence-electron chi connectivity index (χ1n) is 3.74. The maximum atomic E-state index is 10.9. The molecule has 0 aliphatic heterocycles. The third-order valence-corrected chi connectivity index (χ3v) is 3.08. The van der Waals surface area contributed by atoms with E-state index in [0.717, 1.165) is 18.2 Å². The second kappa shape index (κ2) is 4.37. The molecule has 0 amide bonds. The molecule has 0 aliphatic rings. The monoisotopic (exact) mass is 286 g/mol. The SMILES string of the molecule is O=S(=O)(O)OS(=O)(=O)Oc1cccc(O)c1O. The number of benzene rings is 1. The van der Waals surface area contributed by atoms with Crippen molar-refractivity contribution >= 4 is 20.8 Å². The summed E-state index contributed by atoms with van der Waals surface area (Å²) in [4.78, 5) is 0. The molecule has 96 valence electrons. The van der Waals surface area contributed by atoms with Crippen molar-refractivity contribution in [3.8, 4) is 17.2 Å². The third kappa shape index (κ3) is 4.07. The Bertz CT molecular complexity index is 615. The van der Waals surface area contributed by atoms with E-state index in [4.69, 9.17) is 14.8 Å². The summed E-state index contributed by atoms with van der Waals surface area (Å²) < 4.78 is 57.4. The highest BCUT2D eigenvalue weighted by Crippen LogP contribution is 2.35. The van der Waals surface area contributed by atoms with Gasteiger partial charge in [0.15, 0.2) is 11.5 Å². The maximum absolute atomic E-state index is 10.9. The first-order chi connectivity index (χ1) is 7.61. The zero-order chi connectivity index (χ0) is 13.3. The van der Waals surface area contributed by atoms with E-state index in [-0.39, 0.29) is 0 Å². The van der Waals surface area contributed by atoms with Crippen LogP contribution in [0.2, 0.25) is 0 Å². The van der Waals surface area contributed by atoms with E-state index in [9.17, 15) is 16.8 Å². The summed E-state index contributed by atoms with van der Waals surface area (Å²) in [6, 6.07) is 3.06. The van der Waals surface area contributed by atoms with E-state index in [1.54, 1.807) is 0 Å². The molecular weight excluding hydrogens is 280 g/mol. The van der Waals surface area contributed by atoms with Gasteiger partial charge in [0.25, 0.3) is 0 Å². The van der Waals surface area contributed by atoms with E-state index in [1.807, 2.05) is 0 Å². The van der Waals surface area contributed by atoms with Crippen molar-refractivity contribution in [2.45, 2.75) is 0 Å². The average molecular weight is 286 g/mol. The largest absolute Gasteiger partial charge is 0.504 e. The minimum absolute atomic E-state index is 0.690. The van der Waals surface area contributed by atoms with Gasteiger partial charge in [-0.2, -0.15) is 16.8 Å². The normalized spacial score (nSPS) is 12.3. The van der Waals surface area contributed by atoms with Gasteiger partial charge < -0.3 is 14.4 Å². The Labute approximate surface area is 96.1 Å². The Morgan fingerprint density at radius 2 is 1.65 bits per heavy atom. The molecule has 1 aromatic carbocycles. The predicted octanol–water partition coefficient (Wildman–Crippen LogP) is -0.459. The second-order valence-electron chi connectivity index (χ2n) is 2.61. The zero-order valence-electron chi connectivity index (χ0n) is 7.84. The van der Waals surface area contributed by atoms with Crippen LogP contribution in [0.4, 0.5) is 0 Å². The molecule has 3 N–H and O–H groups in total. The fraction of sp³-hybridized carbons (Fsp3) is 0. The minimum atomic E-state index is -5.28. The third-order valence-electron chi connectivity index (χ3n) is 1.34. The number of phenols is 2. The molecular formula is C6H6O9S2. The highest BCUT2D eigenvalue weighted by Gasteiger charge is 2.24. The molecule has 0 fully saturated rings. The van der Waals surface area contributed by atoms with Gasteiger partial charge in [-0.25, -0.2) is 0 Å². The van der Waals surface area contributed by atoms with Crippen LogP contribution >= 0.6 is 0 Å². The fourth-order valence-corrected chi connectivity index (χ4v) is 2.12. The first kappa shape index (κ1) is 13.5. The molecule has 11 heteroatoms. The lowest BCUT2D eigenvalue weighted by molar-refractivity contribution is 0.337. The summed E-state index contributed by atoms with van der Waals surface area (Å²) in [6.45, 7) is 0. The number of phenolic OH excluding ortho intramolecular Hbond substituents is 2. The molecule has 0 saturated heterocycles. The van der Waals surface area contributed by atoms with Gasteiger partial charge in [0, 0.05) is 0 Å². The van der Waals surface area contributed by atoms with Crippen LogP contribution in [0.5, 0.6) is 17.2 Å². The Kier molecular flexibility index (Phi) is 3.47. The lowest BCUT2D eigenvalue weighted by atomic mass is 10.3. The van der Waals surface area contributed by atoms with Crippen LogP contribution in [-0.4, -0.2) is 31.6 Å². The van der Waals surface area contributed by atoms with E-state index < -0.39 is 38.0 Å². The summed E-state index contributed by atoms with van der Waals surface area (Å²) in [5.41, 5.74) is 0. The second-order valence-corrected chi connectivity index (χ2v) is 4.99. The van der Waals surface area contributed by atoms with E-state index in [1.165, 1.54) is 0 Å². The van der Waals surface area contributed by atoms with Crippen LogP contribution in [0, 0.1) is 0 Å². The summed E-state index contributed by atoms with van der Waals surface area (Å²) in [5, 5.41) is 18.1. The summed E-state index contributed by atoms with van der Waals surface area (Å²) in [6.07, 6.45) is 0. The molecule has 0 saturated carbocycles. The summed E-state index contributed by atoms with van der Waals surface area (Å²) in [7, 11) is -10.4. The van der Waals surface area contributed by atoms with Gasteiger partial charge in [-0.15, -0.1) is 0 Å². The molecule has 0 unspecified atom stereocenters. The average Bonchev–Trinajstić information content (AvgIpc) is 2.08. The van der Waals surface area contributed by atoms with Gasteiger partial charge in [0.1, 0.15) is 0 Å². The Hall–Kier alpha value is -1.56. The van der Waals surface area contributed by atoms with Gasteiger partial charge in [0.2, 0.25) is 5.75 Å². The molecule has 1 aromatic rings. The number of hydrogen-bond donors (Lipinski definition) is 3. The van der Waals surface area contributed by atoms with Gasteiger partial charge in [-0.05, 0) is 12.1 Å². The molecule has 0 radical (unpaired) electrons. The van der Waals surface area contributed by atoms with E-state index in [2.05, 4.69) is 7.81 Å². The number of rotatable bonds is 4. The van der Waals surface area contributed by atoms with Crippen molar-refractivity contribution in [3.05, 3.63) is 18.2 Å². The van der Waals surface area contributed by atoms with Crippen molar-refractivity contribution < 1.29 is 39.4 Å².